The zero-order valence-electron chi connectivity index (χ0n) is 41.6. The van der Waals surface area contributed by atoms with E-state index in [1.165, 1.54) is 30.5 Å². The average molecular weight is 1020 g/mol. The topological polar surface area (TPSA) is 186 Å². The van der Waals surface area contributed by atoms with Gasteiger partial charge in [0.25, 0.3) is 11.5 Å². The van der Waals surface area contributed by atoms with Crippen LogP contribution in [0.2, 0.25) is 0 Å². The number of pyridine rings is 3. The standard InChI is InChI=1S/C57H52F2N8O8/c1-6-36-38-20-35(14-16-45(38)61-49-41(36)25-66-46(49)21-43-42(54(66)70)28-74-55(71)57(43,72)8-3)73-26-29(4)53(69)67-31-12-13-32(67)24-65(23-31)52-40-22-60-50(39-19-34(68)18-30-11-15-44(58)37(7-2)47(30)39)48(59)51(40)62-56(63-52)75-27-33-10-9-17-64(33)5/h2,11,14-16,18-22,31-33,68,72H,4,6,8-10,12-13,17,23-28H2,1,3,5H3/t31-,32+,33-,57-/m0/s1. The van der Waals surface area contributed by atoms with Gasteiger partial charge in [-0.15, -0.1) is 6.42 Å². The van der Waals surface area contributed by atoms with E-state index < -0.39 is 23.2 Å². The number of ether oxygens (including phenoxy) is 3. The lowest BCUT2D eigenvalue weighted by Crippen LogP contribution is -2.56. The molecule has 4 aromatic heterocycles. The molecular weight excluding hydrogens is 963 g/mol. The highest BCUT2D eigenvalue weighted by atomic mass is 19.1. The number of aromatic nitrogens is 5. The van der Waals surface area contributed by atoms with Crippen LogP contribution in [0.4, 0.5) is 14.6 Å². The van der Waals surface area contributed by atoms with Gasteiger partial charge in [-0.2, -0.15) is 9.97 Å². The number of nitrogens with zero attached hydrogens (tertiary/aromatic N) is 8. The molecule has 4 atom stereocenters. The molecule has 3 fully saturated rings. The molecule has 5 aliphatic rings. The van der Waals surface area contributed by atoms with E-state index >= 15 is 8.78 Å². The summed E-state index contributed by atoms with van der Waals surface area (Å²) in [4.78, 5) is 66.1. The van der Waals surface area contributed by atoms with Gasteiger partial charge in [0, 0.05) is 58.4 Å². The molecule has 1 amide bonds. The van der Waals surface area contributed by atoms with Gasteiger partial charge in [0.2, 0.25) is 0 Å². The number of aromatic hydroxyl groups is 1. The molecule has 75 heavy (non-hydrogen) atoms. The number of fused-ring (bicyclic) bond motifs is 9. The number of terminal acetylenes is 1. The Hall–Kier alpha value is -8.01. The van der Waals surface area contributed by atoms with Crippen molar-refractivity contribution in [2.24, 2.45) is 0 Å². The van der Waals surface area contributed by atoms with Crippen LogP contribution < -0.4 is 19.9 Å². The maximum atomic E-state index is 17.3. The number of anilines is 1. The Bertz CT molecular complexity index is 3730. The predicted molar refractivity (Wildman–Crippen MR) is 275 cm³/mol. The zero-order chi connectivity index (χ0) is 52.2. The van der Waals surface area contributed by atoms with E-state index in [-0.39, 0.29) is 119 Å². The molecule has 16 nitrogen and oxygen atoms in total. The largest absolute Gasteiger partial charge is 0.508 e. The highest BCUT2D eigenvalue weighted by molar-refractivity contribution is 6.03. The van der Waals surface area contributed by atoms with Crippen LogP contribution in [0.25, 0.3) is 55.2 Å². The Balaban J connectivity index is 0.800. The van der Waals surface area contributed by atoms with Crippen LogP contribution >= 0.6 is 0 Å². The van der Waals surface area contributed by atoms with Crippen LogP contribution in [-0.4, -0.2) is 114 Å². The van der Waals surface area contributed by atoms with Gasteiger partial charge in [-0.05, 0) is 106 Å². The van der Waals surface area contributed by atoms with Crippen molar-refractivity contribution < 1.29 is 42.8 Å². The number of phenolic OH excluding ortho intramolecular Hbond substituents is 1. The summed E-state index contributed by atoms with van der Waals surface area (Å²) in [6.45, 7) is 9.78. The van der Waals surface area contributed by atoms with E-state index in [1.54, 1.807) is 23.6 Å². The number of aryl methyl sites for hydroxylation is 1. The number of phenols is 1. The molecule has 2 N–H and O–H groups in total. The Labute approximate surface area is 429 Å². The molecule has 0 radical (unpaired) electrons. The Morgan fingerprint density at radius 1 is 0.987 bits per heavy atom. The Morgan fingerprint density at radius 2 is 1.79 bits per heavy atom. The number of likely N-dealkylation sites (tertiary alicyclic amines) is 1. The van der Waals surface area contributed by atoms with E-state index in [4.69, 9.17) is 30.6 Å². The summed E-state index contributed by atoms with van der Waals surface area (Å²) >= 11 is 0. The van der Waals surface area contributed by atoms with Crippen molar-refractivity contribution in [3.8, 4) is 52.5 Å². The van der Waals surface area contributed by atoms with Crippen LogP contribution in [-0.2, 0) is 39.5 Å². The molecule has 3 aromatic carbocycles. The summed E-state index contributed by atoms with van der Waals surface area (Å²) < 4.78 is 51.8. The third-order valence-electron chi connectivity index (χ3n) is 16.0. The van der Waals surface area contributed by atoms with Crippen LogP contribution in [0.5, 0.6) is 17.5 Å². The lowest BCUT2D eigenvalue weighted by atomic mass is 9.86. The fourth-order valence-electron chi connectivity index (χ4n) is 12.1. The second-order valence-electron chi connectivity index (χ2n) is 20.2. The lowest BCUT2D eigenvalue weighted by Gasteiger charge is -2.42. The van der Waals surface area contributed by atoms with Gasteiger partial charge in [0.05, 0.1) is 52.0 Å². The molecule has 9 heterocycles. The number of esters is 1. The van der Waals surface area contributed by atoms with E-state index in [0.29, 0.717) is 71.6 Å². The molecule has 0 unspecified atom stereocenters. The molecule has 3 saturated heterocycles. The third-order valence-corrected chi connectivity index (χ3v) is 16.0. The van der Waals surface area contributed by atoms with E-state index in [9.17, 15) is 24.6 Å². The summed E-state index contributed by atoms with van der Waals surface area (Å²) in [6.07, 6.45) is 11.3. The first kappa shape index (κ1) is 48.0. The van der Waals surface area contributed by atoms with Gasteiger partial charge in [-0.1, -0.05) is 32.4 Å². The SMILES string of the molecule is C#Cc1c(F)ccc2cc(O)cc(-c3ncc4c(N5C[C@H]6CC[C@@H](C5)N6C(=O)C(=C)COc5ccc6nc7c(c(CC)c6c5)Cn5c-7cc6c(c5=O)COC(=O)[C@]6(O)CC)nc(OC[C@@H]5CCCN5C)nc4c3F)c12. The minimum atomic E-state index is -1.93. The summed E-state index contributed by atoms with van der Waals surface area (Å²) in [5.74, 6) is 0.581. The van der Waals surface area contributed by atoms with Crippen LogP contribution in [0.3, 0.4) is 0 Å². The van der Waals surface area contributed by atoms with Gasteiger partial charge in [0.15, 0.2) is 11.4 Å². The number of cyclic esters (lactones) is 1. The smallest absolute Gasteiger partial charge is 0.343 e. The van der Waals surface area contributed by atoms with Gasteiger partial charge in [0.1, 0.15) is 54.2 Å². The minimum absolute atomic E-state index is 0.0277. The highest BCUT2D eigenvalue weighted by Crippen LogP contribution is 2.43. The molecule has 2 bridgehead atoms. The maximum absolute atomic E-state index is 17.3. The number of carbonyl (C=O) groups excluding carboxylic acids is 2. The summed E-state index contributed by atoms with van der Waals surface area (Å²) in [6, 6.07) is 12.2. The number of hydrogen-bond donors (Lipinski definition) is 2. The van der Waals surface area contributed by atoms with Crippen molar-refractivity contribution in [1.82, 2.24) is 34.3 Å². The van der Waals surface area contributed by atoms with E-state index in [2.05, 4.69) is 27.4 Å². The van der Waals surface area contributed by atoms with Crippen LogP contribution in [0.1, 0.15) is 73.8 Å². The quantitative estimate of drug-likeness (QED) is 0.0763. The van der Waals surface area contributed by atoms with Gasteiger partial charge >= 0.3 is 12.0 Å². The minimum Gasteiger partial charge on any atom is -0.508 e. The highest BCUT2D eigenvalue weighted by Gasteiger charge is 2.46. The second-order valence-corrected chi connectivity index (χ2v) is 20.2. The Morgan fingerprint density at radius 3 is 2.52 bits per heavy atom. The fourth-order valence-corrected chi connectivity index (χ4v) is 12.1. The molecular formula is C57H52F2N8O8. The van der Waals surface area contributed by atoms with Crippen LogP contribution in [0, 0.1) is 24.0 Å². The number of rotatable bonds is 11. The van der Waals surface area contributed by atoms with Crippen molar-refractivity contribution in [3.63, 3.8) is 0 Å². The number of carbonyl (C=O) groups is 2. The summed E-state index contributed by atoms with van der Waals surface area (Å²) in [5.41, 5.74) is 1.91. The average Bonchev–Trinajstić information content (AvgIpc) is 4.10. The molecule has 382 valence electrons. The first-order valence-electron chi connectivity index (χ1n) is 25.3. The van der Waals surface area contributed by atoms with Crippen molar-refractivity contribution in [2.75, 3.05) is 44.8 Å². The normalized spacial score (nSPS) is 20.8. The van der Waals surface area contributed by atoms with Crippen molar-refractivity contribution >= 4 is 50.3 Å². The molecule has 0 spiro atoms. The van der Waals surface area contributed by atoms with Gasteiger partial charge in [-0.25, -0.2) is 18.6 Å². The molecule has 0 saturated carbocycles. The van der Waals surface area contributed by atoms with Gasteiger partial charge in [-0.3, -0.25) is 14.6 Å². The van der Waals surface area contributed by atoms with Crippen LogP contribution in [0.15, 0.2) is 71.7 Å². The first-order valence-corrected chi connectivity index (χ1v) is 25.3. The summed E-state index contributed by atoms with van der Waals surface area (Å²) in [7, 11) is 2.03. The number of likely N-dealkylation sites (N-methyl/N-ethyl adjacent to an activating group) is 1. The number of amides is 1. The molecule has 12 rings (SSSR count). The second kappa shape index (κ2) is 18.1. The Kier molecular flexibility index (Phi) is 11.6. The fraction of sp³-hybridized carbons (Fsp3) is 0.351. The number of benzene rings is 3. The predicted octanol–water partition coefficient (Wildman–Crippen LogP) is 7.05. The third kappa shape index (κ3) is 7.65. The maximum Gasteiger partial charge on any atom is 0.343 e. The van der Waals surface area contributed by atoms with E-state index in [1.807, 2.05) is 35.9 Å². The van der Waals surface area contributed by atoms with Crippen molar-refractivity contribution in [3.05, 3.63) is 117 Å². The van der Waals surface area contributed by atoms with E-state index in [0.717, 1.165) is 35.9 Å². The number of halogens is 2. The number of aliphatic hydroxyl groups is 1. The monoisotopic (exact) mass is 1010 g/mol. The van der Waals surface area contributed by atoms with Crippen molar-refractivity contribution in [1.29, 1.82) is 0 Å². The molecule has 5 aliphatic heterocycles. The molecule has 18 heteroatoms. The molecule has 0 aliphatic carbocycles. The number of piperazine rings is 1. The molecule has 7 aromatic rings. The van der Waals surface area contributed by atoms with Crippen molar-refractivity contribution in [2.45, 2.75) is 89.3 Å². The van der Waals surface area contributed by atoms with Gasteiger partial charge < -0.3 is 43.7 Å². The first-order chi connectivity index (χ1) is 36.2. The zero-order valence-corrected chi connectivity index (χ0v) is 41.6. The lowest BCUT2D eigenvalue weighted by molar-refractivity contribution is -0.172. The number of hydrogen-bond acceptors (Lipinski definition) is 14. The summed E-state index contributed by atoms with van der Waals surface area (Å²) in [5, 5.41) is 23.8.